The maximum absolute atomic E-state index is 11.0. The molecule has 2 N–H and O–H groups in total. The number of amides is 1. The summed E-state index contributed by atoms with van der Waals surface area (Å²) in [5.41, 5.74) is 2.46. The summed E-state index contributed by atoms with van der Waals surface area (Å²) >= 11 is 0. The van der Waals surface area contributed by atoms with Crippen LogP contribution < -0.4 is 5.32 Å². The first-order valence-electron chi connectivity index (χ1n) is 5.50. The van der Waals surface area contributed by atoms with Crippen molar-refractivity contribution in [3.8, 4) is 5.82 Å². The van der Waals surface area contributed by atoms with E-state index in [-0.39, 0.29) is 0 Å². The minimum atomic E-state index is -0.542. The molecule has 6 heteroatoms. The second-order valence-corrected chi connectivity index (χ2v) is 3.95. The molecule has 2 rings (SSSR count). The van der Waals surface area contributed by atoms with Crippen LogP contribution in [0.2, 0.25) is 0 Å². The van der Waals surface area contributed by atoms with E-state index in [1.54, 1.807) is 16.8 Å². The van der Waals surface area contributed by atoms with Crippen LogP contribution >= 0.6 is 0 Å². The monoisotopic (exact) mass is 246 g/mol. The summed E-state index contributed by atoms with van der Waals surface area (Å²) < 4.78 is 1.73. The van der Waals surface area contributed by atoms with Gasteiger partial charge in [0.25, 0.3) is 0 Å². The van der Waals surface area contributed by atoms with Crippen LogP contribution in [0.15, 0.2) is 24.4 Å². The van der Waals surface area contributed by atoms with Crippen molar-refractivity contribution in [2.75, 3.05) is 11.9 Å². The Labute approximate surface area is 104 Å². The highest BCUT2D eigenvalue weighted by molar-refractivity contribution is 5.91. The zero-order valence-electron chi connectivity index (χ0n) is 10.2. The maximum Gasteiger partial charge on any atom is 0.250 e. The summed E-state index contributed by atoms with van der Waals surface area (Å²) in [5.74, 6) is 0.221. The second-order valence-electron chi connectivity index (χ2n) is 3.95. The Hall–Kier alpha value is -2.21. The molecule has 18 heavy (non-hydrogen) atoms. The third-order valence-corrected chi connectivity index (χ3v) is 2.40. The first-order valence-corrected chi connectivity index (χ1v) is 5.50. The Balaban J connectivity index is 2.22. The summed E-state index contributed by atoms with van der Waals surface area (Å²) in [5, 5.41) is 15.4. The molecule has 1 amide bonds. The number of aryl methyl sites for hydroxylation is 2. The predicted molar refractivity (Wildman–Crippen MR) is 66.5 cm³/mol. The third kappa shape index (κ3) is 2.54. The number of hydrogen-bond donors (Lipinski definition) is 2. The lowest BCUT2D eigenvalue weighted by Crippen LogP contribution is -2.15. The molecule has 2 heterocycles. The number of aliphatic hydroxyl groups excluding tert-OH is 1. The van der Waals surface area contributed by atoms with Crippen LogP contribution in [0.25, 0.3) is 5.82 Å². The van der Waals surface area contributed by atoms with E-state index in [2.05, 4.69) is 15.4 Å². The number of nitrogens with zero attached hydrogens (tertiary/aromatic N) is 3. The molecule has 0 spiro atoms. The largest absolute Gasteiger partial charge is 0.387 e. The van der Waals surface area contributed by atoms with Crippen LogP contribution in [-0.2, 0) is 4.79 Å². The average molecular weight is 246 g/mol. The standard InChI is InChI=1S/C12H14N4O2/c1-8-5-9(2)16(15-8)11-4-3-10(6-13-11)14-12(18)7-17/h3-6,17H,7H2,1-2H3,(H,14,18). The van der Waals surface area contributed by atoms with E-state index in [9.17, 15) is 4.79 Å². The number of aromatic nitrogens is 3. The molecule has 0 aliphatic heterocycles. The van der Waals surface area contributed by atoms with Crippen molar-refractivity contribution in [2.24, 2.45) is 0 Å². The second kappa shape index (κ2) is 4.97. The quantitative estimate of drug-likeness (QED) is 0.840. The number of aliphatic hydroxyl groups is 1. The fourth-order valence-corrected chi connectivity index (χ4v) is 1.65. The van der Waals surface area contributed by atoms with Crippen molar-refractivity contribution >= 4 is 11.6 Å². The highest BCUT2D eigenvalue weighted by Crippen LogP contribution is 2.12. The Morgan fingerprint density at radius 3 is 2.72 bits per heavy atom. The van der Waals surface area contributed by atoms with Gasteiger partial charge in [0.05, 0.1) is 17.6 Å². The normalized spacial score (nSPS) is 10.4. The van der Waals surface area contributed by atoms with Crippen molar-refractivity contribution < 1.29 is 9.90 Å². The molecule has 2 aromatic heterocycles. The van der Waals surface area contributed by atoms with Crippen LogP contribution in [-0.4, -0.2) is 32.4 Å². The third-order valence-electron chi connectivity index (χ3n) is 2.40. The van der Waals surface area contributed by atoms with Gasteiger partial charge in [-0.05, 0) is 32.0 Å². The molecule has 0 aromatic carbocycles. The molecule has 0 atom stereocenters. The molecule has 0 saturated carbocycles. The first-order chi connectivity index (χ1) is 8.60. The molecule has 6 nitrogen and oxygen atoms in total. The number of rotatable bonds is 3. The maximum atomic E-state index is 11.0. The highest BCUT2D eigenvalue weighted by Gasteiger charge is 2.05. The van der Waals surface area contributed by atoms with Gasteiger partial charge in [0, 0.05) is 5.69 Å². The van der Waals surface area contributed by atoms with Crippen LogP contribution in [0.3, 0.4) is 0 Å². The molecule has 0 unspecified atom stereocenters. The number of hydrogen-bond acceptors (Lipinski definition) is 4. The average Bonchev–Trinajstić information content (AvgIpc) is 2.69. The van der Waals surface area contributed by atoms with Gasteiger partial charge in [-0.2, -0.15) is 5.10 Å². The number of nitrogens with one attached hydrogen (secondary N) is 1. The lowest BCUT2D eigenvalue weighted by Gasteiger charge is -2.05. The fraction of sp³-hybridized carbons (Fsp3) is 0.250. The van der Waals surface area contributed by atoms with E-state index in [1.807, 2.05) is 19.9 Å². The van der Waals surface area contributed by atoms with E-state index in [1.165, 1.54) is 6.20 Å². The SMILES string of the molecule is Cc1cc(C)n(-c2ccc(NC(=O)CO)cn2)n1. The van der Waals surface area contributed by atoms with E-state index in [0.717, 1.165) is 11.4 Å². The number of carbonyl (C=O) groups is 1. The summed E-state index contributed by atoms with van der Waals surface area (Å²) in [6.07, 6.45) is 1.53. The van der Waals surface area contributed by atoms with Gasteiger partial charge in [-0.1, -0.05) is 0 Å². The van der Waals surface area contributed by atoms with Gasteiger partial charge in [0.2, 0.25) is 5.91 Å². The van der Waals surface area contributed by atoms with Crippen molar-refractivity contribution in [3.05, 3.63) is 35.8 Å². The van der Waals surface area contributed by atoms with E-state index in [0.29, 0.717) is 11.5 Å². The Bertz CT molecular complexity index is 560. The zero-order chi connectivity index (χ0) is 13.1. The summed E-state index contributed by atoms with van der Waals surface area (Å²) in [6, 6.07) is 5.43. The van der Waals surface area contributed by atoms with Gasteiger partial charge in [-0.25, -0.2) is 9.67 Å². The summed E-state index contributed by atoms with van der Waals surface area (Å²) in [6.45, 7) is 3.32. The van der Waals surface area contributed by atoms with Crippen LogP contribution in [0.5, 0.6) is 0 Å². The van der Waals surface area contributed by atoms with Crippen LogP contribution in [0.4, 0.5) is 5.69 Å². The molecular weight excluding hydrogens is 232 g/mol. The predicted octanol–water partition coefficient (Wildman–Crippen LogP) is 0.815. The molecular formula is C12H14N4O2. The molecule has 0 radical (unpaired) electrons. The minimum Gasteiger partial charge on any atom is -0.387 e. The topological polar surface area (TPSA) is 80.0 Å². The summed E-state index contributed by atoms with van der Waals surface area (Å²) in [7, 11) is 0. The summed E-state index contributed by atoms with van der Waals surface area (Å²) in [4.78, 5) is 15.2. The van der Waals surface area contributed by atoms with E-state index < -0.39 is 12.5 Å². The minimum absolute atomic E-state index is 0.462. The zero-order valence-corrected chi connectivity index (χ0v) is 10.2. The number of carbonyl (C=O) groups excluding carboxylic acids is 1. The molecule has 0 saturated heterocycles. The Morgan fingerprint density at radius 2 is 2.22 bits per heavy atom. The molecule has 2 aromatic rings. The van der Waals surface area contributed by atoms with Gasteiger partial charge >= 0.3 is 0 Å². The molecule has 0 bridgehead atoms. The van der Waals surface area contributed by atoms with Crippen molar-refractivity contribution in [1.29, 1.82) is 0 Å². The number of pyridine rings is 1. The molecule has 0 aliphatic rings. The van der Waals surface area contributed by atoms with Crippen LogP contribution in [0, 0.1) is 13.8 Å². The highest BCUT2D eigenvalue weighted by atomic mass is 16.3. The Kier molecular flexibility index (Phi) is 3.38. The Morgan fingerprint density at radius 1 is 1.44 bits per heavy atom. The molecule has 0 aliphatic carbocycles. The van der Waals surface area contributed by atoms with Crippen molar-refractivity contribution in [2.45, 2.75) is 13.8 Å². The van der Waals surface area contributed by atoms with Gasteiger partial charge in [-0.3, -0.25) is 4.79 Å². The van der Waals surface area contributed by atoms with E-state index in [4.69, 9.17) is 5.11 Å². The molecule has 94 valence electrons. The van der Waals surface area contributed by atoms with Gasteiger partial charge in [0.15, 0.2) is 5.82 Å². The first kappa shape index (κ1) is 12.3. The van der Waals surface area contributed by atoms with E-state index >= 15 is 0 Å². The van der Waals surface area contributed by atoms with Gasteiger partial charge in [-0.15, -0.1) is 0 Å². The van der Waals surface area contributed by atoms with Crippen molar-refractivity contribution in [3.63, 3.8) is 0 Å². The van der Waals surface area contributed by atoms with Gasteiger partial charge < -0.3 is 10.4 Å². The smallest absolute Gasteiger partial charge is 0.250 e. The van der Waals surface area contributed by atoms with Gasteiger partial charge in [0.1, 0.15) is 6.61 Å². The van der Waals surface area contributed by atoms with Crippen molar-refractivity contribution in [1.82, 2.24) is 14.8 Å². The number of anilines is 1. The molecule has 0 fully saturated rings. The lowest BCUT2D eigenvalue weighted by molar-refractivity contribution is -0.118. The van der Waals surface area contributed by atoms with Crippen LogP contribution in [0.1, 0.15) is 11.4 Å². The fourth-order valence-electron chi connectivity index (χ4n) is 1.65. The lowest BCUT2D eigenvalue weighted by atomic mass is 10.3.